The van der Waals surface area contributed by atoms with Crippen molar-refractivity contribution in [2.24, 2.45) is 0 Å². The quantitative estimate of drug-likeness (QED) is 0.874. The van der Waals surface area contributed by atoms with Gasteiger partial charge in [0.15, 0.2) is 0 Å². The zero-order valence-corrected chi connectivity index (χ0v) is 10.8. The van der Waals surface area contributed by atoms with Gasteiger partial charge in [-0.15, -0.1) is 0 Å². The molecule has 1 fully saturated rings. The second kappa shape index (κ2) is 3.76. The third kappa shape index (κ3) is 1.61. The van der Waals surface area contributed by atoms with Gasteiger partial charge in [-0.1, -0.05) is 6.07 Å². The van der Waals surface area contributed by atoms with Crippen LogP contribution in [0.2, 0.25) is 0 Å². The van der Waals surface area contributed by atoms with Crippen molar-refractivity contribution in [3.63, 3.8) is 0 Å². The summed E-state index contributed by atoms with van der Waals surface area (Å²) in [5.41, 5.74) is 3.44. The van der Waals surface area contributed by atoms with Crippen molar-refractivity contribution in [1.82, 2.24) is 0 Å². The molecule has 0 spiro atoms. The van der Waals surface area contributed by atoms with Gasteiger partial charge in [0.1, 0.15) is 5.75 Å². The molecule has 17 heavy (non-hydrogen) atoms. The van der Waals surface area contributed by atoms with E-state index in [-0.39, 0.29) is 0 Å². The lowest BCUT2D eigenvalue weighted by Gasteiger charge is -2.19. The maximum absolute atomic E-state index is 11.4. The smallest absolute Gasteiger partial charge is 0.314 e. The highest BCUT2D eigenvalue weighted by molar-refractivity contribution is 5.86. The number of hydrogen-bond acceptors (Lipinski definition) is 2. The topological polar surface area (TPSA) is 46.5 Å². The van der Waals surface area contributed by atoms with Crippen molar-refractivity contribution in [2.75, 3.05) is 7.11 Å². The summed E-state index contributed by atoms with van der Waals surface area (Å²) in [7, 11) is 1.65. The fourth-order valence-electron chi connectivity index (χ4n) is 2.59. The first-order valence-electron chi connectivity index (χ1n) is 5.82. The van der Waals surface area contributed by atoms with Gasteiger partial charge in [-0.2, -0.15) is 0 Å². The van der Waals surface area contributed by atoms with Crippen LogP contribution in [0.4, 0.5) is 0 Å². The second-order valence-electron chi connectivity index (χ2n) is 4.91. The highest BCUT2D eigenvalue weighted by Gasteiger charge is 2.52. The van der Waals surface area contributed by atoms with Crippen LogP contribution < -0.4 is 4.74 Å². The fraction of sp³-hybridized carbons (Fsp3) is 0.500. The Kier molecular flexibility index (Phi) is 2.64. The minimum atomic E-state index is -0.704. The maximum Gasteiger partial charge on any atom is 0.314 e. The van der Waals surface area contributed by atoms with Gasteiger partial charge >= 0.3 is 5.97 Å². The Morgan fingerprint density at radius 3 is 2.29 bits per heavy atom. The van der Waals surface area contributed by atoms with Crippen LogP contribution in [0.15, 0.2) is 6.07 Å². The number of ether oxygens (including phenoxy) is 1. The molecule has 1 aromatic rings. The molecule has 0 bridgehead atoms. The number of aryl methyl sites for hydroxylation is 1. The average molecular weight is 234 g/mol. The predicted octanol–water partition coefficient (Wildman–Crippen LogP) is 2.74. The van der Waals surface area contributed by atoms with Gasteiger partial charge in [0, 0.05) is 0 Å². The van der Waals surface area contributed by atoms with Crippen molar-refractivity contribution in [3.8, 4) is 5.75 Å². The van der Waals surface area contributed by atoms with E-state index < -0.39 is 11.4 Å². The summed E-state index contributed by atoms with van der Waals surface area (Å²) < 4.78 is 5.36. The van der Waals surface area contributed by atoms with Gasteiger partial charge in [-0.05, 0) is 55.9 Å². The molecule has 0 saturated heterocycles. The Hall–Kier alpha value is -1.51. The van der Waals surface area contributed by atoms with Gasteiger partial charge in [-0.25, -0.2) is 0 Å². The molecule has 0 amide bonds. The van der Waals surface area contributed by atoms with Gasteiger partial charge in [0.2, 0.25) is 0 Å². The van der Waals surface area contributed by atoms with Crippen molar-refractivity contribution >= 4 is 5.97 Å². The number of benzene rings is 1. The SMILES string of the molecule is COc1c(C)cc(C2(C(=O)O)CC2)c(C)c1C. The lowest BCUT2D eigenvalue weighted by Crippen LogP contribution is -2.21. The van der Waals surface area contributed by atoms with Crippen LogP contribution >= 0.6 is 0 Å². The predicted molar refractivity (Wildman–Crippen MR) is 65.8 cm³/mol. The minimum absolute atomic E-state index is 0.633. The zero-order valence-electron chi connectivity index (χ0n) is 10.8. The van der Waals surface area contributed by atoms with Crippen molar-refractivity contribution in [1.29, 1.82) is 0 Å². The summed E-state index contributed by atoms with van der Waals surface area (Å²) in [5.74, 6) is 0.164. The Labute approximate surface area is 101 Å². The number of hydrogen-bond donors (Lipinski definition) is 1. The summed E-state index contributed by atoms with van der Waals surface area (Å²) in [6.07, 6.45) is 1.49. The van der Waals surface area contributed by atoms with Crippen molar-refractivity contribution in [3.05, 3.63) is 28.3 Å². The lowest BCUT2D eigenvalue weighted by molar-refractivity contribution is -0.140. The molecule has 1 aromatic carbocycles. The fourth-order valence-corrected chi connectivity index (χ4v) is 2.59. The Bertz CT molecular complexity index is 485. The first kappa shape index (κ1) is 12.0. The van der Waals surface area contributed by atoms with Gasteiger partial charge < -0.3 is 9.84 Å². The van der Waals surface area contributed by atoms with Crippen LogP contribution in [-0.4, -0.2) is 18.2 Å². The molecule has 0 radical (unpaired) electrons. The molecule has 0 atom stereocenters. The molecule has 1 aliphatic carbocycles. The van der Waals surface area contributed by atoms with Crippen LogP contribution in [0.25, 0.3) is 0 Å². The standard InChI is InChI=1S/C14H18O3/c1-8-7-11(14(5-6-14)13(15)16)9(2)10(3)12(8)17-4/h7H,5-6H2,1-4H3,(H,15,16). The van der Waals surface area contributed by atoms with Gasteiger partial charge in [-0.3, -0.25) is 4.79 Å². The number of carboxylic acids is 1. The molecule has 0 heterocycles. The van der Waals surface area contributed by atoms with E-state index in [2.05, 4.69) is 0 Å². The van der Waals surface area contributed by atoms with E-state index in [0.29, 0.717) is 0 Å². The van der Waals surface area contributed by atoms with Crippen molar-refractivity contribution < 1.29 is 14.6 Å². The molecule has 3 nitrogen and oxygen atoms in total. The normalized spacial score (nSPS) is 16.7. The number of aliphatic carboxylic acids is 1. The van der Waals surface area contributed by atoms with E-state index >= 15 is 0 Å². The van der Waals surface area contributed by atoms with Gasteiger partial charge in [0.25, 0.3) is 0 Å². The molecule has 2 rings (SSSR count). The van der Waals surface area contributed by atoms with Crippen LogP contribution in [0.5, 0.6) is 5.75 Å². The highest BCUT2D eigenvalue weighted by atomic mass is 16.5. The van der Waals surface area contributed by atoms with E-state index in [0.717, 1.165) is 40.8 Å². The molecular weight excluding hydrogens is 216 g/mol. The van der Waals surface area contributed by atoms with Crippen LogP contribution in [-0.2, 0) is 10.2 Å². The molecule has 3 heteroatoms. The average Bonchev–Trinajstić information content (AvgIpc) is 3.05. The van der Waals surface area contributed by atoms with Crippen LogP contribution in [0.1, 0.15) is 35.1 Å². The van der Waals surface area contributed by atoms with Crippen LogP contribution in [0.3, 0.4) is 0 Å². The summed E-state index contributed by atoms with van der Waals surface area (Å²) >= 11 is 0. The minimum Gasteiger partial charge on any atom is -0.496 e. The molecule has 92 valence electrons. The molecule has 1 saturated carbocycles. The van der Waals surface area contributed by atoms with Crippen molar-refractivity contribution in [2.45, 2.75) is 39.0 Å². The number of methoxy groups -OCH3 is 1. The van der Waals surface area contributed by atoms with E-state index in [4.69, 9.17) is 4.74 Å². The molecule has 1 N–H and O–H groups in total. The summed E-state index contributed by atoms with van der Waals surface area (Å²) in [6, 6.07) is 1.97. The highest BCUT2D eigenvalue weighted by Crippen LogP contribution is 2.51. The summed E-state index contributed by atoms with van der Waals surface area (Å²) in [5, 5.41) is 9.36. The van der Waals surface area contributed by atoms with E-state index in [9.17, 15) is 9.90 Å². The first-order chi connectivity index (χ1) is 7.94. The van der Waals surface area contributed by atoms with E-state index in [1.54, 1.807) is 7.11 Å². The molecule has 0 aromatic heterocycles. The number of carbonyl (C=O) groups is 1. The molecule has 0 unspecified atom stereocenters. The Morgan fingerprint density at radius 1 is 1.29 bits per heavy atom. The third-order valence-corrected chi connectivity index (χ3v) is 3.91. The van der Waals surface area contributed by atoms with E-state index in [1.165, 1.54) is 0 Å². The van der Waals surface area contributed by atoms with E-state index in [1.807, 2.05) is 26.8 Å². The Morgan fingerprint density at radius 2 is 1.88 bits per heavy atom. The Balaban J connectivity index is 2.62. The maximum atomic E-state index is 11.4. The molecular formula is C14H18O3. The summed E-state index contributed by atoms with van der Waals surface area (Å²) in [6.45, 7) is 5.94. The second-order valence-corrected chi connectivity index (χ2v) is 4.91. The molecule has 0 aliphatic heterocycles. The zero-order chi connectivity index (χ0) is 12.8. The monoisotopic (exact) mass is 234 g/mol. The number of carboxylic acid groups (broad SMARTS) is 1. The van der Waals surface area contributed by atoms with Gasteiger partial charge in [0.05, 0.1) is 12.5 Å². The largest absolute Gasteiger partial charge is 0.496 e. The first-order valence-corrected chi connectivity index (χ1v) is 5.82. The third-order valence-electron chi connectivity index (χ3n) is 3.91. The number of rotatable bonds is 3. The lowest BCUT2D eigenvalue weighted by atomic mass is 9.87. The van der Waals surface area contributed by atoms with Crippen LogP contribution in [0, 0.1) is 20.8 Å². The summed E-state index contributed by atoms with van der Waals surface area (Å²) in [4.78, 5) is 11.4. The molecule has 1 aliphatic rings.